The van der Waals surface area contributed by atoms with E-state index in [1.54, 1.807) is 24.3 Å². The Morgan fingerprint density at radius 2 is 1.29 bits per heavy atom. The maximum absolute atomic E-state index is 12.9. The highest BCUT2D eigenvalue weighted by Crippen LogP contribution is 2.38. The van der Waals surface area contributed by atoms with E-state index in [-0.39, 0.29) is 23.7 Å². The summed E-state index contributed by atoms with van der Waals surface area (Å²) < 4.78 is 5.55. The fraction of sp³-hybridized carbons (Fsp3) is 0.294. The van der Waals surface area contributed by atoms with Crippen molar-refractivity contribution in [2.45, 2.75) is 51.3 Å². The molecule has 0 amide bonds. The van der Waals surface area contributed by atoms with E-state index in [2.05, 4.69) is 64.8 Å². The molecule has 2 fully saturated rings. The first kappa shape index (κ1) is 33.1. The number of halogens is 3. The van der Waals surface area contributed by atoms with Gasteiger partial charge in [0.15, 0.2) is 11.6 Å². The molecule has 2 aliphatic rings. The van der Waals surface area contributed by atoms with Crippen LogP contribution >= 0.6 is 47.8 Å². The summed E-state index contributed by atoms with van der Waals surface area (Å²) in [7, 11) is 0. The summed E-state index contributed by atoms with van der Waals surface area (Å²) in [6.07, 6.45) is 2.54. The second-order valence-corrected chi connectivity index (χ2v) is 13.4. The molecular weight excluding hydrogens is 766 g/mol. The number of hydrogen-bond acceptors (Lipinski definition) is 6. The molecule has 8 nitrogen and oxygen atoms in total. The highest BCUT2D eigenvalue weighted by atomic mass is 79.9. The molecule has 2 aromatic heterocycles. The maximum Gasteiger partial charge on any atom is 0.178 e. The van der Waals surface area contributed by atoms with Crippen LogP contribution in [-0.2, 0) is 0 Å². The van der Waals surface area contributed by atoms with Crippen molar-refractivity contribution >= 4 is 59.4 Å². The average molecular weight is 796 g/mol. The van der Waals surface area contributed by atoms with Crippen molar-refractivity contribution in [1.82, 2.24) is 14.0 Å². The van der Waals surface area contributed by atoms with Gasteiger partial charge in [-0.15, -0.1) is 0 Å². The number of Topliss-reactive ketones (excluding diaryl/α,β-unsaturated/α-hetero) is 2. The van der Waals surface area contributed by atoms with E-state index < -0.39 is 0 Å². The lowest BCUT2D eigenvalue weighted by molar-refractivity contribution is 0.0873. The van der Waals surface area contributed by atoms with Crippen molar-refractivity contribution < 1.29 is 14.7 Å². The Kier molecular flexibility index (Phi) is 10.3. The van der Waals surface area contributed by atoms with E-state index >= 15 is 0 Å². The number of aliphatic hydroxyl groups excluding tert-OH is 1. The number of benzene rings is 2. The van der Waals surface area contributed by atoms with E-state index in [0.29, 0.717) is 40.2 Å². The molecule has 6 rings (SSSR count). The predicted molar refractivity (Wildman–Crippen MR) is 182 cm³/mol. The molecule has 2 aliphatic heterocycles. The van der Waals surface area contributed by atoms with Crippen LogP contribution in [0, 0.1) is 36.5 Å². The highest BCUT2D eigenvalue weighted by molar-refractivity contribution is 9.10. The summed E-state index contributed by atoms with van der Waals surface area (Å²) in [4.78, 5) is 26.9. The lowest BCUT2D eigenvalue weighted by atomic mass is 9.98. The minimum atomic E-state index is -0.294. The number of hydrogen-bond donors (Lipinski definition) is 1. The fourth-order valence-corrected chi connectivity index (χ4v) is 8.04. The van der Waals surface area contributed by atoms with E-state index in [9.17, 15) is 14.7 Å². The van der Waals surface area contributed by atoms with Gasteiger partial charge in [-0.2, -0.15) is 10.5 Å². The molecule has 1 N–H and O–H groups in total. The summed E-state index contributed by atoms with van der Waals surface area (Å²) in [5, 5.41) is 28.1. The van der Waals surface area contributed by atoms with Crippen LogP contribution in [0.1, 0.15) is 62.5 Å². The van der Waals surface area contributed by atoms with Crippen molar-refractivity contribution in [3.8, 4) is 23.5 Å². The zero-order valence-corrected chi connectivity index (χ0v) is 29.4. The Labute approximate surface area is 287 Å². The third-order valence-electron chi connectivity index (χ3n) is 8.61. The van der Waals surface area contributed by atoms with Crippen LogP contribution in [0.3, 0.4) is 0 Å². The first-order chi connectivity index (χ1) is 21.6. The molecule has 4 aromatic rings. The molecule has 2 aromatic carbocycles. The molecule has 2 bridgehead atoms. The highest BCUT2D eigenvalue weighted by Gasteiger charge is 2.46. The van der Waals surface area contributed by atoms with Gasteiger partial charge in [0, 0.05) is 46.0 Å². The second kappa shape index (κ2) is 14.0. The number of rotatable bonds is 7. The summed E-state index contributed by atoms with van der Waals surface area (Å²) >= 11 is 10.2. The van der Waals surface area contributed by atoms with Gasteiger partial charge in [-0.25, -0.2) is 0 Å². The zero-order valence-electron chi connectivity index (χ0n) is 24.7. The van der Waals surface area contributed by atoms with Gasteiger partial charge >= 0.3 is 0 Å². The van der Waals surface area contributed by atoms with Crippen molar-refractivity contribution in [2.24, 2.45) is 0 Å². The molecule has 4 heterocycles. The lowest BCUT2D eigenvalue weighted by Crippen LogP contribution is -2.36. The van der Waals surface area contributed by atoms with Crippen molar-refractivity contribution in [2.75, 3.05) is 11.9 Å². The monoisotopic (exact) mass is 793 g/mol. The summed E-state index contributed by atoms with van der Waals surface area (Å²) in [6.45, 7) is 4.19. The van der Waals surface area contributed by atoms with Gasteiger partial charge in [0.05, 0.1) is 50.5 Å². The number of alkyl halides is 1. The molecule has 0 saturated carbocycles. The van der Waals surface area contributed by atoms with Crippen LogP contribution in [-0.4, -0.2) is 60.8 Å². The Hall–Kier alpha value is -3.32. The van der Waals surface area contributed by atoms with Crippen LogP contribution in [0.2, 0.25) is 0 Å². The predicted octanol–water partition coefficient (Wildman–Crippen LogP) is 7.20. The molecule has 11 heteroatoms. The minimum Gasteiger partial charge on any atom is -0.391 e. The molecule has 2 unspecified atom stereocenters. The molecule has 2 saturated heterocycles. The first-order valence-corrected chi connectivity index (χ1v) is 17.1. The number of fused-ring (bicyclic) bond motifs is 2. The third-order valence-corrected chi connectivity index (χ3v) is 10.3. The lowest BCUT2D eigenvalue weighted by Gasteiger charge is -2.21. The molecule has 230 valence electrons. The number of nitriles is 2. The third kappa shape index (κ3) is 6.65. The largest absolute Gasteiger partial charge is 0.391 e. The van der Waals surface area contributed by atoms with Gasteiger partial charge in [0.1, 0.15) is 0 Å². The first-order valence-electron chi connectivity index (χ1n) is 14.4. The minimum absolute atomic E-state index is 0.0468. The number of carbonyl (C=O) groups is 2. The molecule has 0 radical (unpaired) electrons. The van der Waals surface area contributed by atoms with Crippen LogP contribution in [0.4, 0.5) is 0 Å². The molecule has 45 heavy (non-hydrogen) atoms. The van der Waals surface area contributed by atoms with Gasteiger partial charge < -0.3 is 14.2 Å². The van der Waals surface area contributed by atoms with E-state index in [1.165, 1.54) is 0 Å². The van der Waals surface area contributed by atoms with E-state index in [1.807, 2.05) is 59.4 Å². The Bertz CT molecular complexity index is 1830. The Balaban J connectivity index is 0.000000187. The number of nitrogens with zero attached hydrogens (tertiary/aromatic N) is 5. The SMILES string of the molecule is Cc1c(C(=O)CBr)cc(Br)n1-c1ccc(C#N)cc1.Cc1c(C(=O)CN2C3CCC2[C@@H](O)C3)cc(Br)n1-c1ccc(C#N)cc1. The van der Waals surface area contributed by atoms with Crippen LogP contribution in [0.5, 0.6) is 0 Å². The molecule has 0 spiro atoms. The summed E-state index contributed by atoms with van der Waals surface area (Å²) in [5.41, 5.74) is 6.17. The number of ketones is 2. The maximum atomic E-state index is 12.9. The molecular formula is C34H30Br3N5O3. The number of carbonyl (C=O) groups excluding carboxylic acids is 2. The number of aliphatic hydroxyl groups is 1. The van der Waals surface area contributed by atoms with Gasteiger partial charge in [-0.1, -0.05) is 15.9 Å². The van der Waals surface area contributed by atoms with E-state index in [0.717, 1.165) is 51.2 Å². The molecule has 3 atom stereocenters. The van der Waals surface area contributed by atoms with Gasteiger partial charge in [-0.05, 0) is 126 Å². The fourth-order valence-electron chi connectivity index (χ4n) is 6.34. The van der Waals surface area contributed by atoms with Gasteiger partial charge in [0.2, 0.25) is 0 Å². The Morgan fingerprint density at radius 3 is 1.67 bits per heavy atom. The van der Waals surface area contributed by atoms with Crippen molar-refractivity contribution in [1.29, 1.82) is 10.5 Å². The van der Waals surface area contributed by atoms with Gasteiger partial charge in [0.25, 0.3) is 0 Å². The van der Waals surface area contributed by atoms with Gasteiger partial charge in [-0.3, -0.25) is 14.5 Å². The second-order valence-electron chi connectivity index (χ2n) is 11.2. The smallest absolute Gasteiger partial charge is 0.178 e. The molecule has 0 aliphatic carbocycles. The normalized spacial score (nSPS) is 18.6. The van der Waals surface area contributed by atoms with Crippen LogP contribution < -0.4 is 0 Å². The van der Waals surface area contributed by atoms with E-state index in [4.69, 9.17) is 10.5 Å². The Morgan fingerprint density at radius 1 is 0.822 bits per heavy atom. The zero-order chi connectivity index (χ0) is 32.4. The van der Waals surface area contributed by atoms with Crippen molar-refractivity contribution in [3.05, 3.63) is 104 Å². The topological polar surface area (TPSA) is 115 Å². The van der Waals surface area contributed by atoms with Crippen molar-refractivity contribution in [3.63, 3.8) is 0 Å². The quantitative estimate of drug-likeness (QED) is 0.156. The number of aromatic nitrogens is 2. The van der Waals surface area contributed by atoms with Crippen LogP contribution in [0.25, 0.3) is 11.4 Å². The standard InChI is InChI=1S/C20H20BrN3O2.C14H10Br2N2O/c1-12-16(19(26)11-23-15-6-7-17(23)18(25)8-15)9-20(21)24(12)14-4-2-13(10-22)3-5-14;1-9-12(13(19)7-15)6-14(16)18(9)11-4-2-10(8-17)3-5-11/h2-5,9,15,17-18,25H,6-8,11H2,1H3;2-6H,7H2,1H3/t15?,17?,18-;/m0./s1. The van der Waals surface area contributed by atoms with Crippen LogP contribution in [0.15, 0.2) is 69.9 Å². The summed E-state index contributed by atoms with van der Waals surface area (Å²) in [5.74, 6) is 0.132. The summed E-state index contributed by atoms with van der Waals surface area (Å²) in [6, 6.07) is 22.9. The average Bonchev–Trinajstić information content (AvgIpc) is 3.76.